The fourth-order valence-corrected chi connectivity index (χ4v) is 3.73. The van der Waals surface area contributed by atoms with Gasteiger partial charge in [0.1, 0.15) is 17.1 Å². The molecule has 7 heteroatoms. The molecule has 1 N–H and O–H groups in total. The van der Waals surface area contributed by atoms with E-state index in [-0.39, 0.29) is 11.3 Å². The van der Waals surface area contributed by atoms with Crippen LogP contribution in [0.5, 0.6) is 23.0 Å². The van der Waals surface area contributed by atoms with Crippen LogP contribution in [-0.4, -0.2) is 39.0 Å². The number of ether oxygens (including phenoxy) is 4. The lowest BCUT2D eigenvalue weighted by atomic mass is 10.0. The Hall–Kier alpha value is -2.60. The highest BCUT2D eigenvalue weighted by molar-refractivity contribution is 6.31. The third-order valence-corrected chi connectivity index (χ3v) is 5.42. The van der Waals surface area contributed by atoms with E-state index in [2.05, 4.69) is 0 Å². The summed E-state index contributed by atoms with van der Waals surface area (Å²) in [6.07, 6.45) is 4.90. The van der Waals surface area contributed by atoms with Crippen LogP contribution in [0.1, 0.15) is 54.1 Å². The summed E-state index contributed by atoms with van der Waals surface area (Å²) in [4.78, 5) is 11.8. The number of halogens is 1. The van der Waals surface area contributed by atoms with E-state index < -0.39 is 5.97 Å². The Labute approximate surface area is 189 Å². The molecule has 0 aliphatic heterocycles. The molecular formula is C24H31ClO6. The Morgan fingerprint density at radius 1 is 0.935 bits per heavy atom. The van der Waals surface area contributed by atoms with Crippen LogP contribution in [0.25, 0.3) is 0 Å². The number of carbonyl (C=O) groups is 1. The molecular weight excluding hydrogens is 420 g/mol. The van der Waals surface area contributed by atoms with Gasteiger partial charge >= 0.3 is 5.97 Å². The van der Waals surface area contributed by atoms with Crippen molar-refractivity contribution >= 4 is 17.6 Å². The van der Waals surface area contributed by atoms with E-state index in [9.17, 15) is 9.90 Å². The monoisotopic (exact) mass is 450 g/mol. The van der Waals surface area contributed by atoms with Gasteiger partial charge in [-0.05, 0) is 56.4 Å². The highest BCUT2D eigenvalue weighted by atomic mass is 35.5. The Bertz CT molecular complexity index is 881. The number of aromatic hydroxyl groups is 1. The number of phenols is 1. The van der Waals surface area contributed by atoms with Crippen molar-refractivity contribution in [2.45, 2.75) is 45.4 Å². The molecule has 0 aromatic heterocycles. The first-order valence-electron chi connectivity index (χ1n) is 10.4. The minimum atomic E-state index is -0.562. The lowest BCUT2D eigenvalue weighted by Gasteiger charge is -2.15. The van der Waals surface area contributed by atoms with Crippen LogP contribution in [0.15, 0.2) is 24.3 Å². The van der Waals surface area contributed by atoms with Crippen LogP contribution in [0, 0.1) is 0 Å². The molecule has 0 aliphatic carbocycles. The number of benzene rings is 2. The zero-order valence-electron chi connectivity index (χ0n) is 18.6. The van der Waals surface area contributed by atoms with Gasteiger partial charge in [0, 0.05) is 16.1 Å². The number of methoxy groups -OCH3 is 3. The molecule has 31 heavy (non-hydrogen) atoms. The summed E-state index contributed by atoms with van der Waals surface area (Å²) in [5.41, 5.74) is 1.73. The smallest absolute Gasteiger partial charge is 0.341 e. The summed E-state index contributed by atoms with van der Waals surface area (Å²) >= 11 is 6.35. The number of rotatable bonds is 12. The lowest BCUT2D eigenvalue weighted by Crippen LogP contribution is -2.06. The zero-order valence-corrected chi connectivity index (χ0v) is 19.4. The van der Waals surface area contributed by atoms with Crippen molar-refractivity contribution in [2.75, 3.05) is 27.9 Å². The standard InChI is InChI=1S/C24H31ClO6/c1-5-9-17-20(13-11-18(22(17)26)24(27)30-4)31-15-8-6-7-10-16-19(25)12-14-21(28-2)23(16)29-3/h11-14,26H,5-10,15H2,1-4H3. The Kier molecular flexibility index (Phi) is 9.79. The van der Waals surface area contributed by atoms with Crippen LogP contribution in [0.2, 0.25) is 5.02 Å². The van der Waals surface area contributed by atoms with E-state index in [1.165, 1.54) is 13.2 Å². The van der Waals surface area contributed by atoms with Crippen LogP contribution < -0.4 is 14.2 Å². The Morgan fingerprint density at radius 2 is 1.68 bits per heavy atom. The molecule has 0 aliphatic rings. The summed E-state index contributed by atoms with van der Waals surface area (Å²) in [5, 5.41) is 11.1. The van der Waals surface area contributed by atoms with Crippen molar-refractivity contribution in [1.82, 2.24) is 0 Å². The number of unbranched alkanes of at least 4 members (excludes halogenated alkanes) is 2. The van der Waals surface area contributed by atoms with Crippen molar-refractivity contribution in [3.63, 3.8) is 0 Å². The minimum absolute atomic E-state index is 0.0639. The number of esters is 1. The van der Waals surface area contributed by atoms with E-state index in [1.807, 2.05) is 13.0 Å². The van der Waals surface area contributed by atoms with Gasteiger partial charge in [-0.3, -0.25) is 0 Å². The first kappa shape index (κ1) is 24.7. The van der Waals surface area contributed by atoms with E-state index in [4.69, 9.17) is 30.5 Å². The summed E-state index contributed by atoms with van der Waals surface area (Å²) in [6.45, 7) is 2.52. The van der Waals surface area contributed by atoms with E-state index in [0.717, 1.165) is 37.7 Å². The molecule has 0 unspecified atom stereocenters. The molecule has 0 fully saturated rings. The summed E-state index contributed by atoms with van der Waals surface area (Å²) in [6, 6.07) is 6.87. The predicted molar refractivity (Wildman–Crippen MR) is 121 cm³/mol. The Balaban J connectivity index is 1.93. The van der Waals surface area contributed by atoms with Crippen molar-refractivity contribution in [3.05, 3.63) is 46.0 Å². The second-order valence-electron chi connectivity index (χ2n) is 7.10. The van der Waals surface area contributed by atoms with Gasteiger partial charge in [0.05, 0.1) is 27.9 Å². The molecule has 2 aromatic carbocycles. The molecule has 0 heterocycles. The molecule has 6 nitrogen and oxygen atoms in total. The second-order valence-corrected chi connectivity index (χ2v) is 7.51. The van der Waals surface area contributed by atoms with E-state index in [1.54, 1.807) is 26.4 Å². The molecule has 2 rings (SSSR count). The summed E-state index contributed by atoms with van der Waals surface area (Å²) in [7, 11) is 4.51. The van der Waals surface area contributed by atoms with E-state index >= 15 is 0 Å². The van der Waals surface area contributed by atoms with Gasteiger partial charge in [-0.15, -0.1) is 0 Å². The molecule has 170 valence electrons. The van der Waals surface area contributed by atoms with Gasteiger partial charge in [-0.2, -0.15) is 0 Å². The van der Waals surface area contributed by atoms with Gasteiger partial charge in [0.2, 0.25) is 0 Å². The van der Waals surface area contributed by atoms with Crippen molar-refractivity contribution in [2.24, 2.45) is 0 Å². The zero-order chi connectivity index (χ0) is 22.8. The number of hydrogen-bond acceptors (Lipinski definition) is 6. The molecule has 0 spiro atoms. The maximum atomic E-state index is 11.8. The highest BCUT2D eigenvalue weighted by Gasteiger charge is 2.18. The first-order valence-corrected chi connectivity index (χ1v) is 10.8. The second kappa shape index (κ2) is 12.3. The topological polar surface area (TPSA) is 74.2 Å². The maximum Gasteiger partial charge on any atom is 0.341 e. The van der Waals surface area contributed by atoms with Crippen molar-refractivity contribution < 1.29 is 28.8 Å². The van der Waals surface area contributed by atoms with Gasteiger partial charge in [0.25, 0.3) is 0 Å². The summed E-state index contributed by atoms with van der Waals surface area (Å²) < 4.78 is 21.5. The molecule has 0 saturated heterocycles. The Morgan fingerprint density at radius 3 is 2.32 bits per heavy atom. The molecule has 0 radical (unpaired) electrons. The maximum absolute atomic E-state index is 11.8. The van der Waals surface area contributed by atoms with Crippen molar-refractivity contribution in [1.29, 1.82) is 0 Å². The quantitative estimate of drug-likeness (QED) is 0.335. The van der Waals surface area contributed by atoms with E-state index in [0.29, 0.717) is 40.9 Å². The lowest BCUT2D eigenvalue weighted by molar-refractivity contribution is 0.0597. The predicted octanol–water partition coefficient (Wildman–Crippen LogP) is 5.59. The van der Waals surface area contributed by atoms with Crippen molar-refractivity contribution in [3.8, 4) is 23.0 Å². The third-order valence-electron chi connectivity index (χ3n) is 5.07. The van der Waals surface area contributed by atoms with Crippen LogP contribution in [0.3, 0.4) is 0 Å². The van der Waals surface area contributed by atoms with Gasteiger partial charge < -0.3 is 24.1 Å². The average molecular weight is 451 g/mol. The van der Waals surface area contributed by atoms with Gasteiger partial charge in [-0.25, -0.2) is 4.79 Å². The van der Waals surface area contributed by atoms with Crippen LogP contribution in [0.4, 0.5) is 0 Å². The molecule has 0 atom stereocenters. The number of carbonyl (C=O) groups excluding carboxylic acids is 1. The fourth-order valence-electron chi connectivity index (χ4n) is 3.48. The summed E-state index contributed by atoms with van der Waals surface area (Å²) in [5.74, 6) is 1.32. The SMILES string of the molecule is CCCc1c(OCCCCCc2c(Cl)ccc(OC)c2OC)ccc(C(=O)OC)c1O. The normalized spacial score (nSPS) is 10.6. The van der Waals surface area contributed by atoms with Gasteiger partial charge in [-0.1, -0.05) is 24.9 Å². The molecule has 0 amide bonds. The largest absolute Gasteiger partial charge is 0.507 e. The minimum Gasteiger partial charge on any atom is -0.507 e. The molecule has 0 saturated carbocycles. The average Bonchev–Trinajstić information content (AvgIpc) is 2.78. The molecule has 2 aromatic rings. The number of hydrogen-bond donors (Lipinski definition) is 1. The molecule has 0 bridgehead atoms. The van der Waals surface area contributed by atoms with Crippen LogP contribution >= 0.6 is 11.6 Å². The highest BCUT2D eigenvalue weighted by Crippen LogP contribution is 2.37. The fraction of sp³-hybridized carbons (Fsp3) is 0.458. The first-order chi connectivity index (χ1) is 15.0. The van der Waals surface area contributed by atoms with Crippen LogP contribution in [-0.2, 0) is 17.6 Å². The van der Waals surface area contributed by atoms with Gasteiger partial charge in [0.15, 0.2) is 11.5 Å². The third kappa shape index (κ3) is 6.20. The number of phenolic OH excluding ortho intramolecular Hbond substituents is 1.